The Kier molecular flexibility index (Phi) is 5.66. The summed E-state index contributed by atoms with van der Waals surface area (Å²) in [6.45, 7) is 2.10. The Morgan fingerprint density at radius 2 is 1.84 bits per heavy atom. The molecular weight excluding hydrogens is 302 g/mol. The van der Waals surface area contributed by atoms with Gasteiger partial charge in [-0.05, 0) is 42.7 Å². The van der Waals surface area contributed by atoms with E-state index >= 15 is 0 Å². The summed E-state index contributed by atoms with van der Waals surface area (Å²) in [5.41, 5.74) is 8.30. The zero-order valence-corrected chi connectivity index (χ0v) is 12.7. The predicted molar refractivity (Wildman–Crippen MR) is 83.3 cm³/mol. The van der Waals surface area contributed by atoms with Crippen LogP contribution in [0.15, 0.2) is 53.1 Å². The lowest BCUT2D eigenvalue weighted by molar-refractivity contribution is 0.412. The van der Waals surface area contributed by atoms with Crippen molar-refractivity contribution < 1.29 is 0 Å². The Balaban J connectivity index is 0.00000180. The molecule has 0 amide bonds. The van der Waals surface area contributed by atoms with Crippen molar-refractivity contribution in [3.05, 3.63) is 64.4 Å². The zero-order chi connectivity index (χ0) is 13.0. The third-order valence-electron chi connectivity index (χ3n) is 3.24. The highest BCUT2D eigenvalue weighted by Gasteiger charge is 2.26. The molecule has 1 heterocycles. The van der Waals surface area contributed by atoms with Gasteiger partial charge < -0.3 is 11.9 Å². The molecule has 1 aromatic carbocycles. The van der Waals surface area contributed by atoms with Crippen molar-refractivity contribution >= 4 is 15.9 Å². The molecule has 2 aromatic rings. The van der Waals surface area contributed by atoms with Gasteiger partial charge in [-0.1, -0.05) is 41.1 Å². The molecule has 0 aliphatic heterocycles. The number of nitrogens with two attached hydrogens (primary N) is 1. The monoisotopic (exact) mass is 321 g/mol. The molecule has 0 aliphatic rings. The summed E-state index contributed by atoms with van der Waals surface area (Å²) in [5, 5.41) is 0. The van der Waals surface area contributed by atoms with E-state index in [1.165, 1.54) is 5.56 Å². The summed E-state index contributed by atoms with van der Waals surface area (Å²) >= 11 is 3.44. The van der Waals surface area contributed by atoms with Gasteiger partial charge in [0.1, 0.15) is 0 Å². The van der Waals surface area contributed by atoms with E-state index in [-0.39, 0.29) is 6.15 Å². The predicted octanol–water partition coefficient (Wildman–Crippen LogP) is 3.81. The normalized spacial score (nSPS) is 13.4. The minimum Gasteiger partial charge on any atom is -0.344 e. The largest absolute Gasteiger partial charge is 0.344 e. The standard InChI is InChI=1S/C15H17BrN2.H3N/c1-2-15(17,14-5-3-4-10-18-14)11-12-6-8-13(16)9-7-12;/h3-10H,2,11,17H2,1H3;1H3. The van der Waals surface area contributed by atoms with Crippen LogP contribution in [-0.4, -0.2) is 4.98 Å². The molecule has 0 radical (unpaired) electrons. The van der Waals surface area contributed by atoms with Gasteiger partial charge in [-0.2, -0.15) is 0 Å². The van der Waals surface area contributed by atoms with Crippen molar-refractivity contribution in [3.8, 4) is 0 Å². The smallest absolute Gasteiger partial charge is 0.0621 e. The van der Waals surface area contributed by atoms with Crippen molar-refractivity contribution in [1.29, 1.82) is 0 Å². The summed E-state index contributed by atoms with van der Waals surface area (Å²) in [4.78, 5) is 4.40. The molecule has 2 rings (SSSR count). The number of pyridine rings is 1. The molecule has 0 saturated heterocycles. The molecule has 1 atom stereocenters. The second-order valence-corrected chi connectivity index (χ2v) is 5.44. The van der Waals surface area contributed by atoms with Crippen LogP contribution in [0.4, 0.5) is 0 Å². The molecule has 1 unspecified atom stereocenters. The van der Waals surface area contributed by atoms with E-state index < -0.39 is 5.54 Å². The average molecular weight is 322 g/mol. The van der Waals surface area contributed by atoms with Crippen molar-refractivity contribution in [2.24, 2.45) is 5.73 Å². The van der Waals surface area contributed by atoms with Crippen LogP contribution in [0.1, 0.15) is 24.6 Å². The second kappa shape index (κ2) is 6.80. The molecule has 5 N–H and O–H groups in total. The van der Waals surface area contributed by atoms with Crippen molar-refractivity contribution in [2.45, 2.75) is 25.3 Å². The minimum absolute atomic E-state index is 0. The maximum absolute atomic E-state index is 6.51. The first-order chi connectivity index (χ1) is 8.64. The molecule has 3 nitrogen and oxygen atoms in total. The van der Waals surface area contributed by atoms with E-state index in [1.54, 1.807) is 6.20 Å². The van der Waals surface area contributed by atoms with E-state index in [0.717, 1.165) is 23.0 Å². The Morgan fingerprint density at radius 3 is 2.37 bits per heavy atom. The Bertz CT molecular complexity index is 499. The third-order valence-corrected chi connectivity index (χ3v) is 3.77. The number of benzene rings is 1. The van der Waals surface area contributed by atoms with Crippen molar-refractivity contribution in [3.63, 3.8) is 0 Å². The highest BCUT2D eigenvalue weighted by Crippen LogP contribution is 2.25. The quantitative estimate of drug-likeness (QED) is 0.899. The van der Waals surface area contributed by atoms with Gasteiger partial charge in [-0.3, -0.25) is 4.98 Å². The Hall–Kier alpha value is -1.23. The number of rotatable bonds is 4. The molecule has 4 heteroatoms. The van der Waals surface area contributed by atoms with Gasteiger partial charge in [0.05, 0.1) is 11.2 Å². The number of nitrogens with zero attached hydrogens (tertiary/aromatic N) is 1. The maximum Gasteiger partial charge on any atom is 0.0621 e. The SMILES string of the molecule is CCC(N)(Cc1ccc(Br)cc1)c1ccccn1.N. The van der Waals surface area contributed by atoms with E-state index in [4.69, 9.17) is 5.73 Å². The van der Waals surface area contributed by atoms with Crippen LogP contribution in [0.5, 0.6) is 0 Å². The van der Waals surface area contributed by atoms with Crippen molar-refractivity contribution in [1.82, 2.24) is 11.1 Å². The Morgan fingerprint density at radius 1 is 1.16 bits per heavy atom. The molecule has 1 aromatic heterocycles. The number of hydrogen-bond acceptors (Lipinski definition) is 3. The number of hydrogen-bond donors (Lipinski definition) is 2. The highest BCUT2D eigenvalue weighted by molar-refractivity contribution is 9.10. The van der Waals surface area contributed by atoms with Crippen LogP contribution in [0.25, 0.3) is 0 Å². The maximum atomic E-state index is 6.51. The fourth-order valence-corrected chi connectivity index (χ4v) is 2.28. The third kappa shape index (κ3) is 3.86. The van der Waals surface area contributed by atoms with Gasteiger partial charge in [0.15, 0.2) is 0 Å². The van der Waals surface area contributed by atoms with Gasteiger partial charge in [0.25, 0.3) is 0 Å². The summed E-state index contributed by atoms with van der Waals surface area (Å²) in [6, 6.07) is 14.2. The number of aromatic nitrogens is 1. The molecule has 0 spiro atoms. The van der Waals surface area contributed by atoms with Gasteiger partial charge in [-0.25, -0.2) is 0 Å². The zero-order valence-electron chi connectivity index (χ0n) is 11.1. The van der Waals surface area contributed by atoms with Crippen LogP contribution in [0.2, 0.25) is 0 Å². The highest BCUT2D eigenvalue weighted by atomic mass is 79.9. The Labute approximate surface area is 123 Å². The summed E-state index contributed by atoms with van der Waals surface area (Å²) in [5.74, 6) is 0. The topological polar surface area (TPSA) is 73.9 Å². The van der Waals surface area contributed by atoms with Crippen LogP contribution in [0.3, 0.4) is 0 Å². The fourth-order valence-electron chi connectivity index (χ4n) is 2.02. The average Bonchev–Trinajstić information content (AvgIpc) is 2.42. The summed E-state index contributed by atoms with van der Waals surface area (Å²) < 4.78 is 1.09. The second-order valence-electron chi connectivity index (χ2n) is 4.53. The fraction of sp³-hybridized carbons (Fsp3) is 0.267. The van der Waals surface area contributed by atoms with Gasteiger partial charge in [0.2, 0.25) is 0 Å². The van der Waals surface area contributed by atoms with E-state index in [0.29, 0.717) is 0 Å². The molecular formula is C15H20BrN3. The van der Waals surface area contributed by atoms with E-state index in [9.17, 15) is 0 Å². The molecule has 0 bridgehead atoms. The summed E-state index contributed by atoms with van der Waals surface area (Å²) in [6.07, 6.45) is 3.46. The molecule has 0 aliphatic carbocycles. The van der Waals surface area contributed by atoms with Crippen LogP contribution >= 0.6 is 15.9 Å². The molecule has 0 saturated carbocycles. The first-order valence-electron chi connectivity index (χ1n) is 6.09. The lowest BCUT2D eigenvalue weighted by Crippen LogP contribution is -2.39. The van der Waals surface area contributed by atoms with Gasteiger partial charge in [-0.15, -0.1) is 0 Å². The molecule has 102 valence electrons. The van der Waals surface area contributed by atoms with Gasteiger partial charge >= 0.3 is 0 Å². The lowest BCUT2D eigenvalue weighted by atomic mass is 9.86. The van der Waals surface area contributed by atoms with Crippen molar-refractivity contribution in [2.75, 3.05) is 0 Å². The van der Waals surface area contributed by atoms with Gasteiger partial charge in [0, 0.05) is 10.7 Å². The lowest BCUT2D eigenvalue weighted by Gasteiger charge is -2.27. The van der Waals surface area contributed by atoms with E-state index in [1.807, 2.05) is 30.3 Å². The first kappa shape index (κ1) is 15.8. The molecule has 19 heavy (non-hydrogen) atoms. The number of halogens is 1. The first-order valence-corrected chi connectivity index (χ1v) is 6.88. The van der Waals surface area contributed by atoms with E-state index in [2.05, 4.69) is 40.0 Å². The van der Waals surface area contributed by atoms with Crippen LogP contribution in [-0.2, 0) is 12.0 Å². The van der Waals surface area contributed by atoms with Crippen LogP contribution in [0, 0.1) is 0 Å². The summed E-state index contributed by atoms with van der Waals surface area (Å²) in [7, 11) is 0. The minimum atomic E-state index is -0.394. The molecule has 0 fully saturated rings. The van der Waals surface area contributed by atoms with Crippen LogP contribution < -0.4 is 11.9 Å².